The summed E-state index contributed by atoms with van der Waals surface area (Å²) in [5.41, 5.74) is 0.774. The highest BCUT2D eigenvalue weighted by atomic mass is 32.2. The van der Waals surface area contributed by atoms with Crippen LogP contribution in [0.15, 0.2) is 64.3 Å². The van der Waals surface area contributed by atoms with Crippen LogP contribution in [0.3, 0.4) is 0 Å². The molecular formula is C23H24N4O5S. The monoisotopic (exact) mass is 468 g/mol. The second-order valence-corrected chi connectivity index (χ2v) is 9.85. The van der Waals surface area contributed by atoms with Crippen LogP contribution < -0.4 is 10.9 Å². The van der Waals surface area contributed by atoms with Crippen LogP contribution in [0, 0.1) is 6.92 Å². The largest absolute Gasteiger partial charge is 0.505 e. The summed E-state index contributed by atoms with van der Waals surface area (Å²) in [7, 11) is -3.58. The zero-order valence-corrected chi connectivity index (χ0v) is 18.9. The molecule has 1 aromatic heterocycles. The molecule has 0 spiro atoms. The lowest BCUT2D eigenvalue weighted by atomic mass is 10.2. The Balaban J connectivity index is 1.56. The highest BCUT2D eigenvalue weighted by molar-refractivity contribution is 7.89. The molecule has 0 aliphatic carbocycles. The van der Waals surface area contributed by atoms with Crippen molar-refractivity contribution in [2.45, 2.75) is 31.1 Å². The van der Waals surface area contributed by atoms with E-state index in [1.54, 1.807) is 18.2 Å². The van der Waals surface area contributed by atoms with Crippen molar-refractivity contribution in [2.75, 3.05) is 18.4 Å². The van der Waals surface area contributed by atoms with E-state index in [-0.39, 0.29) is 10.6 Å². The molecule has 4 rings (SSSR count). The van der Waals surface area contributed by atoms with Crippen molar-refractivity contribution in [3.8, 4) is 11.4 Å². The molecule has 10 heteroatoms. The third-order valence-corrected chi connectivity index (χ3v) is 7.35. The Hall–Kier alpha value is -3.50. The first-order valence-electron chi connectivity index (χ1n) is 10.6. The van der Waals surface area contributed by atoms with Crippen molar-refractivity contribution in [2.24, 2.45) is 0 Å². The van der Waals surface area contributed by atoms with Crippen LogP contribution in [0.4, 0.5) is 5.69 Å². The van der Waals surface area contributed by atoms with E-state index in [1.165, 1.54) is 28.6 Å². The number of aromatic nitrogens is 2. The van der Waals surface area contributed by atoms with Gasteiger partial charge in [0.05, 0.1) is 10.6 Å². The summed E-state index contributed by atoms with van der Waals surface area (Å²) >= 11 is 0. The number of hydrogen-bond donors (Lipinski definition) is 2. The smallest absolute Gasteiger partial charge is 0.279 e. The molecule has 3 aromatic rings. The van der Waals surface area contributed by atoms with Crippen LogP contribution in [0.2, 0.25) is 0 Å². The summed E-state index contributed by atoms with van der Waals surface area (Å²) in [5.74, 6) is -1.29. The van der Waals surface area contributed by atoms with Crippen LogP contribution >= 0.6 is 0 Å². The molecule has 0 saturated carbocycles. The molecule has 0 atom stereocenters. The standard InChI is InChI=1S/C23H24N4O5S/c1-16-6-5-7-18(14-16)27-21(29)15-20(28)22(25-27)23(30)24-17-8-10-19(11-9-17)33(31,32)26-12-3-2-4-13-26/h5-11,14-15,28H,2-4,12-13H2,1H3,(H,24,30). The number of aromatic hydroxyl groups is 1. The van der Waals surface area contributed by atoms with Gasteiger partial charge in [0.15, 0.2) is 11.4 Å². The van der Waals surface area contributed by atoms with E-state index in [9.17, 15) is 23.1 Å². The summed E-state index contributed by atoms with van der Waals surface area (Å²) in [6.45, 7) is 2.86. The molecule has 1 aliphatic rings. The topological polar surface area (TPSA) is 122 Å². The Labute approximate surface area is 191 Å². The first-order chi connectivity index (χ1) is 15.8. The Morgan fingerprint density at radius 2 is 1.73 bits per heavy atom. The van der Waals surface area contributed by atoms with Gasteiger partial charge in [0.1, 0.15) is 0 Å². The highest BCUT2D eigenvalue weighted by Crippen LogP contribution is 2.23. The van der Waals surface area contributed by atoms with E-state index in [0.717, 1.165) is 35.6 Å². The molecule has 0 bridgehead atoms. The number of sulfonamides is 1. The van der Waals surface area contributed by atoms with Crippen LogP contribution in [-0.2, 0) is 10.0 Å². The first-order valence-corrected chi connectivity index (χ1v) is 12.0. The molecule has 2 heterocycles. The molecule has 0 radical (unpaired) electrons. The van der Waals surface area contributed by atoms with E-state index in [1.807, 2.05) is 13.0 Å². The molecule has 1 aliphatic heterocycles. The maximum Gasteiger partial charge on any atom is 0.279 e. The molecule has 1 amide bonds. The average Bonchev–Trinajstić information content (AvgIpc) is 2.80. The number of nitrogens with zero attached hydrogens (tertiary/aromatic N) is 3. The van der Waals surface area contributed by atoms with Crippen molar-refractivity contribution >= 4 is 21.6 Å². The Morgan fingerprint density at radius 1 is 1.03 bits per heavy atom. The highest BCUT2D eigenvalue weighted by Gasteiger charge is 2.26. The number of rotatable bonds is 5. The third-order valence-electron chi connectivity index (χ3n) is 5.44. The van der Waals surface area contributed by atoms with Crippen LogP contribution in [-0.4, -0.2) is 46.6 Å². The quantitative estimate of drug-likeness (QED) is 0.594. The minimum Gasteiger partial charge on any atom is -0.505 e. The van der Waals surface area contributed by atoms with Crippen LogP contribution in [0.5, 0.6) is 5.75 Å². The van der Waals surface area contributed by atoms with Gasteiger partial charge >= 0.3 is 0 Å². The minimum absolute atomic E-state index is 0.149. The number of nitrogens with one attached hydrogen (secondary N) is 1. The molecule has 1 fully saturated rings. The fraction of sp³-hybridized carbons (Fsp3) is 0.261. The fourth-order valence-electron chi connectivity index (χ4n) is 3.71. The zero-order chi connectivity index (χ0) is 23.6. The lowest BCUT2D eigenvalue weighted by Crippen LogP contribution is -2.35. The summed E-state index contributed by atoms with van der Waals surface area (Å²) in [5, 5.41) is 16.8. The van der Waals surface area contributed by atoms with Gasteiger partial charge in [-0.2, -0.15) is 14.1 Å². The zero-order valence-electron chi connectivity index (χ0n) is 18.1. The molecular weight excluding hydrogens is 444 g/mol. The van der Waals surface area contributed by atoms with Crippen molar-refractivity contribution in [1.29, 1.82) is 0 Å². The van der Waals surface area contributed by atoms with Crippen LogP contribution in [0.25, 0.3) is 5.69 Å². The second kappa shape index (κ2) is 9.16. The summed E-state index contributed by atoms with van der Waals surface area (Å²) in [6, 6.07) is 13.8. The summed E-state index contributed by atoms with van der Waals surface area (Å²) in [6.07, 6.45) is 2.71. The Kier molecular flexibility index (Phi) is 6.30. The summed E-state index contributed by atoms with van der Waals surface area (Å²) in [4.78, 5) is 25.2. The third kappa shape index (κ3) is 4.81. The van der Waals surface area contributed by atoms with E-state index >= 15 is 0 Å². The lowest BCUT2D eigenvalue weighted by Gasteiger charge is -2.25. The van der Waals surface area contributed by atoms with Crippen molar-refractivity contribution in [3.63, 3.8) is 0 Å². The van der Waals surface area contributed by atoms with Gasteiger partial charge in [0.2, 0.25) is 10.0 Å². The number of amides is 1. The molecule has 172 valence electrons. The fourth-order valence-corrected chi connectivity index (χ4v) is 5.23. The SMILES string of the molecule is Cc1cccc(-n2nc(C(=O)Nc3ccc(S(=O)(=O)N4CCCCC4)cc3)c(O)cc2=O)c1. The van der Waals surface area contributed by atoms with Gasteiger partial charge in [0.25, 0.3) is 11.5 Å². The molecule has 2 N–H and O–H groups in total. The van der Waals surface area contributed by atoms with Crippen molar-refractivity contribution in [3.05, 3.63) is 76.2 Å². The first kappa shape index (κ1) is 22.7. The number of anilines is 1. The number of benzene rings is 2. The molecule has 9 nitrogen and oxygen atoms in total. The lowest BCUT2D eigenvalue weighted by molar-refractivity contribution is 0.101. The van der Waals surface area contributed by atoms with E-state index in [4.69, 9.17) is 0 Å². The molecule has 2 aromatic carbocycles. The van der Waals surface area contributed by atoms with Gasteiger partial charge in [0, 0.05) is 24.8 Å². The number of piperidine rings is 1. The minimum atomic E-state index is -3.58. The Bertz CT molecular complexity index is 1340. The molecule has 0 unspecified atom stereocenters. The second-order valence-electron chi connectivity index (χ2n) is 7.91. The summed E-state index contributed by atoms with van der Waals surface area (Å²) < 4.78 is 28.1. The normalized spacial score (nSPS) is 14.7. The predicted octanol–water partition coefficient (Wildman–Crippen LogP) is 2.67. The van der Waals surface area contributed by atoms with Gasteiger partial charge in [-0.1, -0.05) is 18.6 Å². The van der Waals surface area contributed by atoms with E-state index < -0.39 is 27.2 Å². The number of carbonyl (C=O) groups excluding carboxylic acids is 1. The molecule has 1 saturated heterocycles. The Morgan fingerprint density at radius 3 is 2.39 bits per heavy atom. The average molecular weight is 469 g/mol. The number of carbonyl (C=O) groups is 1. The van der Waals surface area contributed by atoms with Gasteiger partial charge in [-0.05, 0) is 61.7 Å². The van der Waals surface area contributed by atoms with Gasteiger partial charge in [-0.25, -0.2) is 8.42 Å². The number of hydrogen-bond acceptors (Lipinski definition) is 6. The van der Waals surface area contributed by atoms with Gasteiger partial charge in [-0.3, -0.25) is 9.59 Å². The van der Waals surface area contributed by atoms with E-state index in [0.29, 0.717) is 24.5 Å². The van der Waals surface area contributed by atoms with Gasteiger partial charge in [-0.15, -0.1) is 0 Å². The van der Waals surface area contributed by atoms with Crippen molar-refractivity contribution < 1.29 is 18.3 Å². The maximum atomic E-state index is 12.8. The van der Waals surface area contributed by atoms with E-state index in [2.05, 4.69) is 10.4 Å². The maximum absolute atomic E-state index is 12.8. The number of aryl methyl sites for hydroxylation is 1. The van der Waals surface area contributed by atoms with Crippen molar-refractivity contribution in [1.82, 2.24) is 14.1 Å². The predicted molar refractivity (Wildman–Crippen MR) is 123 cm³/mol. The van der Waals surface area contributed by atoms with Crippen LogP contribution in [0.1, 0.15) is 35.3 Å². The van der Waals surface area contributed by atoms with Gasteiger partial charge < -0.3 is 10.4 Å². The molecule has 33 heavy (non-hydrogen) atoms.